The number of amides is 2. The van der Waals surface area contributed by atoms with Crippen LogP contribution < -0.4 is 4.90 Å². The van der Waals surface area contributed by atoms with E-state index in [9.17, 15) is 9.59 Å². The molecule has 33 heavy (non-hydrogen) atoms. The number of hydrogen-bond donors (Lipinski definition) is 1. The van der Waals surface area contributed by atoms with Crippen LogP contribution >= 0.6 is 11.6 Å². The number of halogens is 1. The van der Waals surface area contributed by atoms with E-state index in [1.165, 1.54) is 0 Å². The highest BCUT2D eigenvalue weighted by Gasteiger charge is 2.37. The molecule has 0 radical (unpaired) electrons. The third-order valence-electron chi connectivity index (χ3n) is 5.08. The number of nitrogens with zero attached hydrogens (tertiary/aromatic N) is 6. The van der Waals surface area contributed by atoms with Gasteiger partial charge in [0.1, 0.15) is 5.60 Å². The van der Waals surface area contributed by atoms with Gasteiger partial charge in [0.25, 0.3) is 5.91 Å². The van der Waals surface area contributed by atoms with Crippen LogP contribution in [-0.4, -0.2) is 67.2 Å². The first-order valence-corrected chi connectivity index (χ1v) is 10.9. The van der Waals surface area contributed by atoms with Crippen molar-refractivity contribution in [3.05, 3.63) is 53.2 Å². The summed E-state index contributed by atoms with van der Waals surface area (Å²) >= 11 is 6.43. The normalized spacial score (nSPS) is 16.0. The number of benzene rings is 1. The number of carbonyl (C=O) groups is 2. The number of likely N-dealkylation sites (tertiary alicyclic amines) is 1. The summed E-state index contributed by atoms with van der Waals surface area (Å²) in [5.41, 5.74) is 0.447. The average molecular weight is 470 g/mol. The van der Waals surface area contributed by atoms with Gasteiger partial charge in [-0.25, -0.2) is 9.78 Å². The Balaban J connectivity index is 1.65. The minimum Gasteiger partial charge on any atom is -0.444 e. The Hall–Kier alpha value is -3.53. The third-order valence-corrected chi connectivity index (χ3v) is 5.37. The monoisotopic (exact) mass is 469 g/mol. The zero-order chi connectivity index (χ0) is 23.6. The molecule has 2 aromatic heterocycles. The Labute approximate surface area is 195 Å². The average Bonchev–Trinajstić information content (AvgIpc) is 3.47. The second kappa shape index (κ2) is 9.14. The number of rotatable bonds is 4. The van der Waals surface area contributed by atoms with Crippen LogP contribution in [-0.2, 0) is 4.74 Å². The minimum atomic E-state index is -0.607. The molecule has 0 unspecified atom stereocenters. The summed E-state index contributed by atoms with van der Waals surface area (Å²) in [6, 6.07) is 9.99. The fourth-order valence-electron chi connectivity index (χ4n) is 3.65. The zero-order valence-corrected chi connectivity index (χ0v) is 19.3. The molecule has 0 aliphatic carbocycles. The fraction of sp³-hybridized carbons (Fsp3) is 0.364. The molecule has 1 aliphatic heterocycles. The van der Waals surface area contributed by atoms with Gasteiger partial charge in [0.15, 0.2) is 5.82 Å². The number of H-pyrrole nitrogens is 1. The highest BCUT2D eigenvalue weighted by atomic mass is 35.5. The molecule has 0 bridgehead atoms. The molecule has 3 heterocycles. The topological polar surface area (TPSA) is 117 Å². The van der Waals surface area contributed by atoms with E-state index < -0.39 is 11.7 Å². The molecular formula is C22H24ClN7O3. The molecule has 4 rings (SSSR count). The lowest BCUT2D eigenvalue weighted by Crippen LogP contribution is -2.44. The summed E-state index contributed by atoms with van der Waals surface area (Å²) in [6.45, 7) is 6.21. The molecule has 1 saturated heterocycles. The van der Waals surface area contributed by atoms with E-state index in [1.807, 2.05) is 20.8 Å². The maximum absolute atomic E-state index is 13.7. The van der Waals surface area contributed by atoms with Crippen LogP contribution in [0, 0.1) is 0 Å². The zero-order valence-electron chi connectivity index (χ0n) is 18.5. The number of nitrogens with one attached hydrogen (secondary N) is 1. The maximum Gasteiger partial charge on any atom is 0.410 e. The Morgan fingerprint density at radius 1 is 1.24 bits per heavy atom. The quantitative estimate of drug-likeness (QED) is 0.620. The summed E-state index contributed by atoms with van der Waals surface area (Å²) in [5.74, 6) is 0.422. The molecule has 1 fully saturated rings. The van der Waals surface area contributed by atoms with Crippen molar-refractivity contribution in [2.24, 2.45) is 0 Å². The first-order valence-electron chi connectivity index (χ1n) is 10.5. The van der Waals surface area contributed by atoms with Crippen LogP contribution in [0.4, 0.5) is 10.6 Å². The fourth-order valence-corrected chi connectivity index (χ4v) is 3.86. The molecule has 1 atom stereocenters. The molecule has 1 N–H and O–H groups in total. The van der Waals surface area contributed by atoms with Gasteiger partial charge in [-0.05, 0) is 56.7 Å². The van der Waals surface area contributed by atoms with Gasteiger partial charge in [-0.1, -0.05) is 23.7 Å². The summed E-state index contributed by atoms with van der Waals surface area (Å²) in [4.78, 5) is 33.9. The molecule has 0 spiro atoms. The second-order valence-electron chi connectivity index (χ2n) is 8.67. The number of carbonyl (C=O) groups excluding carboxylic acids is 2. The van der Waals surface area contributed by atoms with Crippen molar-refractivity contribution in [1.82, 2.24) is 30.5 Å². The lowest BCUT2D eigenvalue weighted by molar-refractivity contribution is 0.0291. The van der Waals surface area contributed by atoms with Crippen LogP contribution in [0.25, 0.3) is 11.4 Å². The van der Waals surface area contributed by atoms with E-state index in [4.69, 9.17) is 16.3 Å². The smallest absolute Gasteiger partial charge is 0.410 e. The van der Waals surface area contributed by atoms with Crippen molar-refractivity contribution in [2.45, 2.75) is 38.8 Å². The summed E-state index contributed by atoms with van der Waals surface area (Å²) in [7, 11) is 0. The highest BCUT2D eigenvalue weighted by Crippen LogP contribution is 2.30. The van der Waals surface area contributed by atoms with E-state index in [0.717, 1.165) is 0 Å². The predicted molar refractivity (Wildman–Crippen MR) is 122 cm³/mol. The number of anilines is 1. The summed E-state index contributed by atoms with van der Waals surface area (Å²) in [6.07, 6.45) is 1.73. The lowest BCUT2D eigenvalue weighted by atomic mass is 10.1. The highest BCUT2D eigenvalue weighted by molar-refractivity contribution is 6.33. The number of aromatic amines is 1. The third kappa shape index (κ3) is 5.11. The number of tetrazole rings is 1. The van der Waals surface area contributed by atoms with Gasteiger partial charge in [-0.15, -0.1) is 10.2 Å². The van der Waals surface area contributed by atoms with Gasteiger partial charge in [-0.2, -0.15) is 5.21 Å². The number of aromatic nitrogens is 5. The van der Waals surface area contributed by atoms with Crippen LogP contribution in [0.1, 0.15) is 37.6 Å². The van der Waals surface area contributed by atoms with Gasteiger partial charge in [-0.3, -0.25) is 9.69 Å². The van der Waals surface area contributed by atoms with Crippen molar-refractivity contribution in [3.8, 4) is 11.4 Å². The van der Waals surface area contributed by atoms with Crippen LogP contribution in [0.3, 0.4) is 0 Å². The molecule has 1 aliphatic rings. The van der Waals surface area contributed by atoms with Gasteiger partial charge in [0.2, 0.25) is 5.82 Å². The van der Waals surface area contributed by atoms with E-state index >= 15 is 0 Å². The van der Waals surface area contributed by atoms with Gasteiger partial charge >= 0.3 is 6.09 Å². The number of pyridine rings is 1. The van der Waals surface area contributed by atoms with Crippen molar-refractivity contribution in [1.29, 1.82) is 0 Å². The largest absolute Gasteiger partial charge is 0.444 e. The Bertz CT molecular complexity index is 1150. The van der Waals surface area contributed by atoms with Crippen molar-refractivity contribution >= 4 is 29.4 Å². The van der Waals surface area contributed by atoms with Crippen molar-refractivity contribution in [3.63, 3.8) is 0 Å². The first-order chi connectivity index (χ1) is 15.7. The van der Waals surface area contributed by atoms with Crippen molar-refractivity contribution < 1.29 is 14.3 Å². The van der Waals surface area contributed by atoms with E-state index in [2.05, 4.69) is 25.6 Å². The number of ether oxygens (including phenoxy) is 1. The van der Waals surface area contributed by atoms with Crippen LogP contribution in [0.5, 0.6) is 0 Å². The summed E-state index contributed by atoms with van der Waals surface area (Å²) < 4.78 is 5.50. The minimum absolute atomic E-state index is 0.294. The molecule has 2 amide bonds. The Morgan fingerprint density at radius 3 is 2.76 bits per heavy atom. The SMILES string of the molecule is CC(C)(C)OC(=O)N1CC[C@H](N(C(=O)c2cccc(-c3nn[nH]n3)c2)c2ncccc2Cl)C1. The van der Waals surface area contributed by atoms with Crippen molar-refractivity contribution in [2.75, 3.05) is 18.0 Å². The molecule has 172 valence electrons. The molecule has 1 aromatic carbocycles. The number of hydrogen-bond acceptors (Lipinski definition) is 7. The second-order valence-corrected chi connectivity index (χ2v) is 9.08. The molecule has 3 aromatic rings. The van der Waals surface area contributed by atoms with E-state index in [0.29, 0.717) is 47.3 Å². The first kappa shape index (κ1) is 22.7. The summed E-state index contributed by atoms with van der Waals surface area (Å²) in [5, 5.41) is 14.3. The molecule has 11 heteroatoms. The standard InChI is InChI=1S/C22H24ClN7O3/c1-22(2,3)33-21(32)29-11-9-16(13-29)30(19-17(23)8-5-10-24-19)20(31)15-7-4-6-14(12-15)18-25-27-28-26-18/h4-8,10,12,16H,9,11,13H2,1-3H3,(H,25,26,27,28)/t16-/m0/s1. The van der Waals surface area contributed by atoms with E-state index in [1.54, 1.807) is 52.4 Å². The van der Waals surface area contributed by atoms with E-state index in [-0.39, 0.29) is 11.9 Å². The van der Waals surface area contributed by atoms with Crippen LogP contribution in [0.15, 0.2) is 42.6 Å². The lowest BCUT2D eigenvalue weighted by Gasteiger charge is -2.29. The van der Waals surface area contributed by atoms with Gasteiger partial charge < -0.3 is 9.64 Å². The molecule has 10 nitrogen and oxygen atoms in total. The Morgan fingerprint density at radius 2 is 2.06 bits per heavy atom. The molecule has 0 saturated carbocycles. The van der Waals surface area contributed by atoms with Gasteiger partial charge in [0.05, 0.1) is 11.1 Å². The maximum atomic E-state index is 13.7. The van der Waals surface area contributed by atoms with Crippen LogP contribution in [0.2, 0.25) is 5.02 Å². The predicted octanol–water partition coefficient (Wildman–Crippen LogP) is 3.57. The molecular weight excluding hydrogens is 446 g/mol. The van der Waals surface area contributed by atoms with Gasteiger partial charge in [0, 0.05) is 30.4 Å². The Kier molecular flexibility index (Phi) is 6.28.